The number of carbonyl (C=O) groups is 1. The first-order chi connectivity index (χ1) is 12.4. The molecular formula is C16H14FN7O2. The summed E-state index contributed by atoms with van der Waals surface area (Å²) < 4.78 is 16.8. The minimum atomic E-state index is -2.01. The minimum Gasteiger partial charge on any atom is -0.334 e. The molecule has 3 aromatic heterocycles. The highest BCUT2D eigenvalue weighted by Crippen LogP contribution is 2.26. The molecule has 3 aromatic rings. The number of aromatic amines is 1. The van der Waals surface area contributed by atoms with E-state index in [9.17, 15) is 14.0 Å². The van der Waals surface area contributed by atoms with Crippen molar-refractivity contribution < 1.29 is 9.18 Å². The first kappa shape index (κ1) is 16.0. The van der Waals surface area contributed by atoms with Crippen molar-refractivity contribution in [1.29, 1.82) is 5.26 Å². The van der Waals surface area contributed by atoms with E-state index in [1.165, 1.54) is 20.3 Å². The summed E-state index contributed by atoms with van der Waals surface area (Å²) in [6.07, 6.45) is 2.97. The lowest BCUT2D eigenvalue weighted by Gasteiger charge is -2.16. The van der Waals surface area contributed by atoms with Crippen LogP contribution in [0.4, 0.5) is 4.39 Å². The van der Waals surface area contributed by atoms with Gasteiger partial charge in [0.2, 0.25) is 11.6 Å². The number of nitriles is 1. The van der Waals surface area contributed by atoms with Gasteiger partial charge in [0, 0.05) is 19.2 Å². The van der Waals surface area contributed by atoms with Gasteiger partial charge in [0.15, 0.2) is 0 Å². The SMILES string of the molecule is Cc1c(C(=O)N2CCC(F)(C#N)C2)cnn1-c1nn2cccc2c(=O)[nH]1. The van der Waals surface area contributed by atoms with Crippen molar-refractivity contribution in [2.45, 2.75) is 19.0 Å². The molecule has 1 aliphatic rings. The second-order valence-corrected chi connectivity index (χ2v) is 6.23. The van der Waals surface area contributed by atoms with E-state index >= 15 is 0 Å². The first-order valence-corrected chi connectivity index (χ1v) is 7.94. The molecule has 1 fully saturated rings. The van der Waals surface area contributed by atoms with Crippen LogP contribution in [0.3, 0.4) is 0 Å². The predicted octanol–water partition coefficient (Wildman–Crippen LogP) is 0.595. The quantitative estimate of drug-likeness (QED) is 0.723. The van der Waals surface area contributed by atoms with Crippen molar-refractivity contribution in [2.24, 2.45) is 0 Å². The van der Waals surface area contributed by atoms with Crippen molar-refractivity contribution in [1.82, 2.24) is 29.3 Å². The van der Waals surface area contributed by atoms with Gasteiger partial charge >= 0.3 is 0 Å². The molecule has 9 nitrogen and oxygen atoms in total. The lowest BCUT2D eigenvalue weighted by molar-refractivity contribution is 0.0771. The number of nitrogens with zero attached hydrogens (tertiary/aromatic N) is 6. The fraction of sp³-hybridized carbons (Fsp3) is 0.312. The molecule has 26 heavy (non-hydrogen) atoms. The molecule has 0 saturated carbocycles. The molecule has 132 valence electrons. The molecule has 0 radical (unpaired) electrons. The van der Waals surface area contributed by atoms with E-state index in [-0.39, 0.29) is 36.6 Å². The van der Waals surface area contributed by atoms with E-state index in [1.807, 2.05) is 0 Å². The fourth-order valence-corrected chi connectivity index (χ4v) is 3.07. The normalized spacial score (nSPS) is 19.8. The molecule has 0 aromatic carbocycles. The third-order valence-electron chi connectivity index (χ3n) is 4.54. The van der Waals surface area contributed by atoms with Gasteiger partial charge in [-0.2, -0.15) is 10.4 Å². The summed E-state index contributed by atoms with van der Waals surface area (Å²) in [6, 6.07) is 4.93. The zero-order chi connectivity index (χ0) is 18.5. The molecule has 1 saturated heterocycles. The monoisotopic (exact) mass is 355 g/mol. The van der Waals surface area contributed by atoms with Crippen LogP contribution < -0.4 is 5.56 Å². The van der Waals surface area contributed by atoms with E-state index in [2.05, 4.69) is 15.2 Å². The highest BCUT2D eigenvalue weighted by atomic mass is 19.1. The largest absolute Gasteiger partial charge is 0.334 e. The standard InChI is InChI=1S/C16H14FN7O2/c1-10-11(14(26)22-6-4-16(17,8-18)9-22)7-19-24(10)15-20-13(25)12-3-2-5-23(12)21-15/h2-3,5,7H,4,6,9H2,1H3,(H,20,21,25). The van der Waals surface area contributed by atoms with Crippen LogP contribution in [0.15, 0.2) is 29.3 Å². The first-order valence-electron chi connectivity index (χ1n) is 7.94. The van der Waals surface area contributed by atoms with Gasteiger partial charge in [-0.15, -0.1) is 5.10 Å². The Bertz CT molecular complexity index is 1120. The molecule has 0 spiro atoms. The number of carbonyl (C=O) groups excluding carboxylic acids is 1. The lowest BCUT2D eigenvalue weighted by Crippen LogP contribution is -2.32. The number of rotatable bonds is 2. The molecule has 1 amide bonds. The highest BCUT2D eigenvalue weighted by Gasteiger charge is 2.41. The highest BCUT2D eigenvalue weighted by molar-refractivity contribution is 5.95. The lowest BCUT2D eigenvalue weighted by atomic mass is 10.1. The average Bonchev–Trinajstić information content (AvgIpc) is 3.33. The number of halogens is 1. The van der Waals surface area contributed by atoms with Crippen LogP contribution in [0.1, 0.15) is 22.5 Å². The molecule has 1 aliphatic heterocycles. The topological polar surface area (TPSA) is 112 Å². The van der Waals surface area contributed by atoms with Crippen molar-refractivity contribution >= 4 is 11.4 Å². The zero-order valence-electron chi connectivity index (χ0n) is 13.8. The summed E-state index contributed by atoms with van der Waals surface area (Å²) >= 11 is 0. The number of hydrogen-bond acceptors (Lipinski definition) is 5. The van der Waals surface area contributed by atoms with Gasteiger partial charge in [-0.05, 0) is 19.1 Å². The maximum Gasteiger partial charge on any atom is 0.276 e. The summed E-state index contributed by atoms with van der Waals surface area (Å²) in [7, 11) is 0. The number of amides is 1. The second kappa shape index (κ2) is 5.52. The molecule has 1 atom stereocenters. The van der Waals surface area contributed by atoms with Crippen molar-refractivity contribution in [3.63, 3.8) is 0 Å². The Morgan fingerprint density at radius 1 is 1.50 bits per heavy atom. The molecule has 1 N–H and O–H groups in total. The Morgan fingerprint density at radius 2 is 2.31 bits per heavy atom. The van der Waals surface area contributed by atoms with Crippen molar-refractivity contribution in [3.05, 3.63) is 46.1 Å². The van der Waals surface area contributed by atoms with Gasteiger partial charge in [0.1, 0.15) is 11.6 Å². The van der Waals surface area contributed by atoms with Gasteiger partial charge in [-0.3, -0.25) is 14.6 Å². The Morgan fingerprint density at radius 3 is 3.04 bits per heavy atom. The van der Waals surface area contributed by atoms with Crippen LogP contribution in [0.2, 0.25) is 0 Å². The van der Waals surface area contributed by atoms with E-state index in [0.29, 0.717) is 11.2 Å². The fourth-order valence-electron chi connectivity index (χ4n) is 3.07. The number of hydrogen-bond donors (Lipinski definition) is 1. The summed E-state index contributed by atoms with van der Waals surface area (Å²) in [5.41, 5.74) is -1.23. The smallest absolute Gasteiger partial charge is 0.276 e. The molecule has 4 heterocycles. The van der Waals surface area contributed by atoms with Crippen molar-refractivity contribution in [3.8, 4) is 12.0 Å². The van der Waals surface area contributed by atoms with Crippen LogP contribution in [-0.4, -0.2) is 53.9 Å². The molecule has 4 rings (SSSR count). The maximum absolute atomic E-state index is 14.1. The number of H-pyrrole nitrogens is 1. The number of likely N-dealkylation sites (tertiary alicyclic amines) is 1. The van der Waals surface area contributed by atoms with Gasteiger partial charge in [0.25, 0.3) is 11.5 Å². The van der Waals surface area contributed by atoms with E-state index in [0.717, 1.165) is 0 Å². The summed E-state index contributed by atoms with van der Waals surface area (Å²) in [6.45, 7) is 1.55. The van der Waals surface area contributed by atoms with Gasteiger partial charge in [-0.25, -0.2) is 13.6 Å². The predicted molar refractivity (Wildman–Crippen MR) is 87.6 cm³/mol. The van der Waals surface area contributed by atoms with Crippen LogP contribution >= 0.6 is 0 Å². The molecule has 0 aliphatic carbocycles. The van der Waals surface area contributed by atoms with E-state index in [4.69, 9.17) is 5.26 Å². The van der Waals surface area contributed by atoms with Crippen LogP contribution in [0.5, 0.6) is 0 Å². The molecular weight excluding hydrogens is 341 g/mol. The molecule has 10 heteroatoms. The van der Waals surface area contributed by atoms with E-state index < -0.39 is 11.6 Å². The second-order valence-electron chi connectivity index (χ2n) is 6.23. The minimum absolute atomic E-state index is 0.0123. The summed E-state index contributed by atoms with van der Waals surface area (Å²) in [4.78, 5) is 28.7. The Hall–Kier alpha value is -3.48. The number of nitrogens with one attached hydrogen (secondary N) is 1. The van der Waals surface area contributed by atoms with Crippen LogP contribution in [0, 0.1) is 18.3 Å². The van der Waals surface area contributed by atoms with Gasteiger partial charge in [-0.1, -0.05) is 0 Å². The Labute approximate surface area is 146 Å². The number of alkyl halides is 1. The maximum atomic E-state index is 14.1. The zero-order valence-corrected chi connectivity index (χ0v) is 13.8. The van der Waals surface area contributed by atoms with Crippen LogP contribution in [-0.2, 0) is 0 Å². The Kier molecular flexibility index (Phi) is 3.40. The van der Waals surface area contributed by atoms with E-state index in [1.54, 1.807) is 31.3 Å². The van der Waals surface area contributed by atoms with Gasteiger partial charge < -0.3 is 4.90 Å². The molecule has 0 bridgehead atoms. The number of aromatic nitrogens is 5. The van der Waals surface area contributed by atoms with Gasteiger partial charge in [0.05, 0.1) is 24.0 Å². The third-order valence-corrected chi connectivity index (χ3v) is 4.54. The summed E-state index contributed by atoms with van der Waals surface area (Å²) in [5.74, 6) is -0.249. The summed E-state index contributed by atoms with van der Waals surface area (Å²) in [5, 5.41) is 17.3. The molecule has 1 unspecified atom stereocenters. The van der Waals surface area contributed by atoms with Crippen molar-refractivity contribution in [2.75, 3.05) is 13.1 Å². The van der Waals surface area contributed by atoms with Crippen LogP contribution in [0.25, 0.3) is 11.5 Å². The Balaban J connectivity index is 1.69. The average molecular weight is 355 g/mol. The number of fused-ring (bicyclic) bond motifs is 1. The third kappa shape index (κ3) is 2.36.